The number of carbonyl (C=O) groups excluding carboxylic acids is 3. The lowest BCUT2D eigenvalue weighted by Gasteiger charge is -2.14. The van der Waals surface area contributed by atoms with Crippen molar-refractivity contribution in [2.75, 3.05) is 25.3 Å². The third-order valence-corrected chi connectivity index (χ3v) is 7.54. The zero-order chi connectivity index (χ0) is 30.1. The van der Waals surface area contributed by atoms with Crippen molar-refractivity contribution in [3.05, 3.63) is 123 Å². The van der Waals surface area contributed by atoms with E-state index in [0.29, 0.717) is 43.9 Å². The molecule has 0 unspecified atom stereocenters. The Morgan fingerprint density at radius 3 is 2.26 bits per heavy atom. The molecule has 0 aliphatic carbocycles. The molecule has 4 aromatic carbocycles. The SMILES string of the molecule is COc1cccc(/C=C(\NC(=O)c2ccccc2)C(=O)Nc2ccc(SCC(=O)c3ccc(Cl)cc3Cl)cc2)c1OC. The predicted molar refractivity (Wildman–Crippen MR) is 168 cm³/mol. The number of rotatable bonds is 11. The van der Waals surface area contributed by atoms with Crippen molar-refractivity contribution < 1.29 is 23.9 Å². The number of methoxy groups -OCH3 is 2. The molecule has 0 atom stereocenters. The van der Waals surface area contributed by atoms with Crippen molar-refractivity contribution in [3.8, 4) is 11.5 Å². The van der Waals surface area contributed by atoms with Gasteiger partial charge < -0.3 is 20.1 Å². The number of carbonyl (C=O) groups is 3. The van der Waals surface area contributed by atoms with Gasteiger partial charge in [-0.3, -0.25) is 14.4 Å². The number of halogens is 2. The van der Waals surface area contributed by atoms with Gasteiger partial charge in [0.25, 0.3) is 11.8 Å². The molecule has 0 bridgehead atoms. The molecule has 10 heteroatoms. The average molecular weight is 622 g/mol. The Kier molecular flexibility index (Phi) is 10.7. The molecule has 0 fully saturated rings. The summed E-state index contributed by atoms with van der Waals surface area (Å²) in [6, 6.07) is 25.6. The van der Waals surface area contributed by atoms with Gasteiger partial charge in [0.1, 0.15) is 5.70 Å². The van der Waals surface area contributed by atoms with E-state index in [1.807, 2.05) is 0 Å². The molecule has 214 valence electrons. The Morgan fingerprint density at radius 2 is 1.60 bits per heavy atom. The summed E-state index contributed by atoms with van der Waals surface area (Å²) in [4.78, 5) is 39.8. The van der Waals surface area contributed by atoms with Gasteiger partial charge in [0.05, 0.1) is 25.0 Å². The maximum absolute atomic E-state index is 13.4. The zero-order valence-corrected chi connectivity index (χ0v) is 25.0. The highest BCUT2D eigenvalue weighted by Gasteiger charge is 2.18. The standard InChI is InChI=1S/C32H26Cl2N2O5S/c1-40-29-10-6-9-21(30(29)41-2)17-27(36-31(38)20-7-4-3-5-8-20)32(39)35-23-12-14-24(15-13-23)42-19-28(37)25-16-11-22(33)18-26(25)34/h3-18H,19H2,1-2H3,(H,35,39)(H,36,38)/b27-17-. The highest BCUT2D eigenvalue weighted by atomic mass is 35.5. The summed E-state index contributed by atoms with van der Waals surface area (Å²) >= 11 is 13.4. The van der Waals surface area contributed by atoms with Crippen LogP contribution in [0.4, 0.5) is 5.69 Å². The fourth-order valence-electron chi connectivity index (χ4n) is 3.90. The van der Waals surface area contributed by atoms with E-state index in [9.17, 15) is 14.4 Å². The smallest absolute Gasteiger partial charge is 0.272 e. The van der Waals surface area contributed by atoms with Crippen molar-refractivity contribution in [2.24, 2.45) is 0 Å². The Balaban J connectivity index is 1.50. The van der Waals surface area contributed by atoms with Gasteiger partial charge >= 0.3 is 0 Å². The van der Waals surface area contributed by atoms with Gasteiger partial charge in [-0.25, -0.2) is 0 Å². The topological polar surface area (TPSA) is 93.7 Å². The first-order chi connectivity index (χ1) is 20.3. The lowest BCUT2D eigenvalue weighted by molar-refractivity contribution is -0.113. The second kappa shape index (κ2) is 14.6. The number of hydrogen-bond donors (Lipinski definition) is 2. The van der Waals surface area contributed by atoms with Crippen molar-refractivity contribution in [1.29, 1.82) is 0 Å². The first-order valence-corrected chi connectivity index (χ1v) is 14.3. The number of anilines is 1. The number of hydrogen-bond acceptors (Lipinski definition) is 6. The van der Waals surface area contributed by atoms with Crippen LogP contribution in [0.5, 0.6) is 11.5 Å². The number of ether oxygens (including phenoxy) is 2. The first-order valence-electron chi connectivity index (χ1n) is 12.6. The minimum atomic E-state index is -0.544. The van der Waals surface area contributed by atoms with Crippen LogP contribution in [0.15, 0.2) is 102 Å². The van der Waals surface area contributed by atoms with Gasteiger partial charge in [-0.15, -0.1) is 11.8 Å². The molecular formula is C32H26Cl2N2O5S. The molecule has 4 rings (SSSR count). The van der Waals surface area contributed by atoms with E-state index < -0.39 is 11.8 Å². The summed E-state index contributed by atoms with van der Waals surface area (Å²) in [6.07, 6.45) is 1.52. The molecule has 2 amide bonds. The molecule has 0 saturated heterocycles. The van der Waals surface area contributed by atoms with Crippen LogP contribution < -0.4 is 20.1 Å². The highest BCUT2D eigenvalue weighted by molar-refractivity contribution is 8.00. The normalized spacial score (nSPS) is 11.0. The van der Waals surface area contributed by atoms with E-state index in [1.54, 1.807) is 84.9 Å². The quantitative estimate of drug-likeness (QED) is 0.103. The van der Waals surface area contributed by atoms with Crippen LogP contribution in [-0.2, 0) is 4.79 Å². The fourth-order valence-corrected chi connectivity index (χ4v) is 5.19. The fraction of sp³-hybridized carbons (Fsp3) is 0.0938. The van der Waals surface area contributed by atoms with Gasteiger partial charge in [0.2, 0.25) is 0 Å². The van der Waals surface area contributed by atoms with E-state index in [-0.39, 0.29) is 17.2 Å². The zero-order valence-electron chi connectivity index (χ0n) is 22.7. The van der Waals surface area contributed by atoms with E-state index in [2.05, 4.69) is 10.6 Å². The summed E-state index contributed by atoms with van der Waals surface area (Å²) in [5.41, 5.74) is 1.83. The number of Topliss-reactive ketones (excluding diaryl/α,β-unsaturated/α-hetero) is 1. The molecule has 7 nitrogen and oxygen atoms in total. The number of amides is 2. The van der Waals surface area contributed by atoms with Crippen molar-refractivity contribution in [3.63, 3.8) is 0 Å². The van der Waals surface area contributed by atoms with Crippen molar-refractivity contribution in [1.82, 2.24) is 5.32 Å². The van der Waals surface area contributed by atoms with E-state index in [0.717, 1.165) is 4.90 Å². The third-order valence-electron chi connectivity index (χ3n) is 5.98. The Labute approximate surface area is 257 Å². The van der Waals surface area contributed by atoms with Crippen LogP contribution in [0.1, 0.15) is 26.3 Å². The summed E-state index contributed by atoms with van der Waals surface area (Å²) < 4.78 is 10.9. The van der Waals surface area contributed by atoms with E-state index in [1.165, 1.54) is 38.1 Å². The highest BCUT2D eigenvalue weighted by Crippen LogP contribution is 2.32. The van der Waals surface area contributed by atoms with Gasteiger partial charge in [-0.05, 0) is 66.7 Å². The van der Waals surface area contributed by atoms with Crippen LogP contribution >= 0.6 is 35.0 Å². The third kappa shape index (κ3) is 7.94. The minimum Gasteiger partial charge on any atom is -0.493 e. The Bertz CT molecular complexity index is 1630. The lowest BCUT2D eigenvalue weighted by atomic mass is 10.1. The monoisotopic (exact) mass is 620 g/mol. The van der Waals surface area contributed by atoms with Gasteiger partial charge in [-0.1, -0.05) is 53.5 Å². The molecule has 42 heavy (non-hydrogen) atoms. The number of nitrogens with one attached hydrogen (secondary N) is 2. The average Bonchev–Trinajstić information content (AvgIpc) is 3.00. The molecule has 0 radical (unpaired) electrons. The van der Waals surface area contributed by atoms with Crippen LogP contribution in [0.2, 0.25) is 10.0 Å². The molecule has 4 aromatic rings. The molecule has 0 spiro atoms. The Morgan fingerprint density at radius 1 is 0.857 bits per heavy atom. The molecule has 0 aromatic heterocycles. The number of benzene rings is 4. The second-order valence-corrected chi connectivity index (χ2v) is 10.7. The molecule has 0 aliphatic rings. The summed E-state index contributed by atoms with van der Waals surface area (Å²) in [7, 11) is 3.01. The second-order valence-electron chi connectivity index (χ2n) is 8.78. The van der Waals surface area contributed by atoms with Crippen molar-refractivity contribution >= 4 is 64.3 Å². The van der Waals surface area contributed by atoms with E-state index >= 15 is 0 Å². The number of ketones is 1. The minimum absolute atomic E-state index is 0.000650. The lowest BCUT2D eigenvalue weighted by Crippen LogP contribution is -2.30. The molecule has 0 heterocycles. The summed E-state index contributed by atoms with van der Waals surface area (Å²) in [6.45, 7) is 0. The largest absolute Gasteiger partial charge is 0.493 e. The number of para-hydroxylation sites is 1. The summed E-state index contributed by atoms with van der Waals surface area (Å²) in [5.74, 6) is -0.0575. The number of thioether (sulfide) groups is 1. The molecule has 0 saturated carbocycles. The van der Waals surface area contributed by atoms with Crippen LogP contribution in [0.25, 0.3) is 6.08 Å². The van der Waals surface area contributed by atoms with Crippen molar-refractivity contribution in [2.45, 2.75) is 4.90 Å². The molecule has 0 aliphatic heterocycles. The predicted octanol–water partition coefficient (Wildman–Crippen LogP) is 7.40. The van der Waals surface area contributed by atoms with Gasteiger partial charge in [-0.2, -0.15) is 0 Å². The maximum Gasteiger partial charge on any atom is 0.272 e. The summed E-state index contributed by atoms with van der Waals surface area (Å²) in [5, 5.41) is 6.29. The van der Waals surface area contributed by atoms with Gasteiger partial charge in [0.15, 0.2) is 17.3 Å². The first kappa shape index (κ1) is 30.7. The maximum atomic E-state index is 13.4. The Hall–Kier alpha value is -4.24. The molecular weight excluding hydrogens is 595 g/mol. The van der Waals surface area contributed by atoms with Crippen LogP contribution in [0.3, 0.4) is 0 Å². The molecule has 2 N–H and O–H groups in total. The van der Waals surface area contributed by atoms with Crippen LogP contribution in [0, 0.1) is 0 Å². The van der Waals surface area contributed by atoms with Gasteiger partial charge in [0, 0.05) is 32.3 Å². The van der Waals surface area contributed by atoms with E-state index in [4.69, 9.17) is 32.7 Å². The van der Waals surface area contributed by atoms with Crippen LogP contribution in [-0.4, -0.2) is 37.6 Å².